The second-order valence-corrected chi connectivity index (χ2v) is 5.46. The van der Waals surface area contributed by atoms with Gasteiger partial charge in [-0.2, -0.15) is 0 Å². The molecule has 3 aromatic carbocycles. The lowest BCUT2D eigenvalue weighted by Gasteiger charge is -2.14. The predicted molar refractivity (Wildman–Crippen MR) is 88.4 cm³/mol. The molecule has 1 atom stereocenters. The van der Waals surface area contributed by atoms with Crippen LogP contribution in [0.2, 0.25) is 0 Å². The molecule has 0 saturated heterocycles. The molecular formula is C20H20O. The monoisotopic (exact) mass is 276 g/mol. The van der Waals surface area contributed by atoms with Crippen LogP contribution in [0.3, 0.4) is 0 Å². The van der Waals surface area contributed by atoms with Crippen LogP contribution in [0.4, 0.5) is 0 Å². The maximum absolute atomic E-state index is 10.6. The van der Waals surface area contributed by atoms with Crippen molar-refractivity contribution in [1.82, 2.24) is 0 Å². The van der Waals surface area contributed by atoms with E-state index in [9.17, 15) is 5.11 Å². The molecule has 1 N–H and O–H groups in total. The average Bonchev–Trinajstić information content (AvgIpc) is 2.55. The Kier molecular flexibility index (Phi) is 4.03. The molecule has 1 unspecified atom stereocenters. The molecule has 0 saturated carbocycles. The highest BCUT2D eigenvalue weighted by Gasteiger charge is 2.11. The van der Waals surface area contributed by atoms with Gasteiger partial charge in [-0.3, -0.25) is 0 Å². The largest absolute Gasteiger partial charge is 0.388 e. The summed E-state index contributed by atoms with van der Waals surface area (Å²) < 4.78 is 0. The number of hydrogen-bond acceptors (Lipinski definition) is 1. The van der Waals surface area contributed by atoms with Crippen LogP contribution >= 0.6 is 0 Å². The minimum Gasteiger partial charge on any atom is -0.388 e. The fourth-order valence-electron chi connectivity index (χ4n) is 2.82. The molecule has 0 aliphatic rings. The van der Waals surface area contributed by atoms with E-state index in [0.29, 0.717) is 6.42 Å². The zero-order valence-corrected chi connectivity index (χ0v) is 12.3. The number of aryl methyl sites for hydroxylation is 1. The molecular weight excluding hydrogens is 256 g/mol. The Balaban J connectivity index is 1.90. The van der Waals surface area contributed by atoms with Crippen molar-refractivity contribution in [3.05, 3.63) is 83.4 Å². The summed E-state index contributed by atoms with van der Waals surface area (Å²) in [5.41, 5.74) is 3.47. The zero-order chi connectivity index (χ0) is 14.7. The number of benzene rings is 3. The van der Waals surface area contributed by atoms with E-state index >= 15 is 0 Å². The first-order valence-corrected chi connectivity index (χ1v) is 7.51. The van der Waals surface area contributed by atoms with Crippen LogP contribution in [-0.2, 0) is 12.8 Å². The molecule has 21 heavy (non-hydrogen) atoms. The minimum atomic E-state index is -0.456. The second-order valence-electron chi connectivity index (χ2n) is 5.46. The molecule has 0 amide bonds. The van der Waals surface area contributed by atoms with Crippen molar-refractivity contribution in [2.24, 2.45) is 0 Å². The van der Waals surface area contributed by atoms with Crippen molar-refractivity contribution in [2.75, 3.05) is 0 Å². The van der Waals surface area contributed by atoms with Crippen molar-refractivity contribution in [3.63, 3.8) is 0 Å². The Bertz CT molecular complexity index is 740. The molecule has 0 aliphatic carbocycles. The molecule has 0 radical (unpaired) electrons. The average molecular weight is 276 g/mol. The van der Waals surface area contributed by atoms with Gasteiger partial charge in [-0.05, 0) is 33.9 Å². The topological polar surface area (TPSA) is 20.2 Å². The van der Waals surface area contributed by atoms with E-state index in [0.717, 1.165) is 12.0 Å². The lowest BCUT2D eigenvalue weighted by atomic mass is 9.95. The van der Waals surface area contributed by atoms with Crippen molar-refractivity contribution in [3.8, 4) is 0 Å². The summed E-state index contributed by atoms with van der Waals surface area (Å²) in [5, 5.41) is 13.0. The van der Waals surface area contributed by atoms with Gasteiger partial charge < -0.3 is 5.11 Å². The van der Waals surface area contributed by atoms with Crippen LogP contribution in [0.5, 0.6) is 0 Å². The maximum Gasteiger partial charge on any atom is 0.0830 e. The predicted octanol–water partition coefficient (Wildman–Crippen LogP) is 4.68. The van der Waals surface area contributed by atoms with Gasteiger partial charge in [0.05, 0.1) is 6.10 Å². The summed E-state index contributed by atoms with van der Waals surface area (Å²) in [5.74, 6) is 0. The molecule has 3 aromatic rings. The summed E-state index contributed by atoms with van der Waals surface area (Å²) in [7, 11) is 0. The SMILES string of the molecule is CCc1cccc(C(O)Cc2cccc3ccccc23)c1. The summed E-state index contributed by atoms with van der Waals surface area (Å²) in [6, 6.07) is 22.9. The number of aliphatic hydroxyl groups is 1. The van der Waals surface area contributed by atoms with Crippen LogP contribution in [0, 0.1) is 0 Å². The molecule has 0 aliphatic heterocycles. The Morgan fingerprint density at radius 2 is 1.67 bits per heavy atom. The smallest absolute Gasteiger partial charge is 0.0830 e. The number of aliphatic hydroxyl groups excluding tert-OH is 1. The van der Waals surface area contributed by atoms with E-state index in [1.807, 2.05) is 18.2 Å². The molecule has 1 nitrogen and oxygen atoms in total. The van der Waals surface area contributed by atoms with Gasteiger partial charge >= 0.3 is 0 Å². The summed E-state index contributed by atoms with van der Waals surface area (Å²) >= 11 is 0. The first kappa shape index (κ1) is 13.8. The van der Waals surface area contributed by atoms with E-state index in [-0.39, 0.29) is 0 Å². The Labute approximate surface area is 125 Å². The van der Waals surface area contributed by atoms with Gasteiger partial charge in [-0.25, -0.2) is 0 Å². The van der Waals surface area contributed by atoms with Gasteiger partial charge in [0.15, 0.2) is 0 Å². The number of rotatable bonds is 4. The van der Waals surface area contributed by atoms with E-state index in [1.54, 1.807) is 0 Å². The van der Waals surface area contributed by atoms with E-state index < -0.39 is 6.10 Å². The van der Waals surface area contributed by atoms with Crippen molar-refractivity contribution in [2.45, 2.75) is 25.9 Å². The van der Waals surface area contributed by atoms with Crippen LogP contribution < -0.4 is 0 Å². The lowest BCUT2D eigenvalue weighted by Crippen LogP contribution is -2.03. The van der Waals surface area contributed by atoms with Crippen LogP contribution in [0.15, 0.2) is 66.7 Å². The first-order chi connectivity index (χ1) is 10.3. The van der Waals surface area contributed by atoms with Gasteiger partial charge in [0.25, 0.3) is 0 Å². The molecule has 0 fully saturated rings. The molecule has 106 valence electrons. The highest BCUT2D eigenvalue weighted by molar-refractivity contribution is 5.85. The van der Waals surface area contributed by atoms with E-state index in [2.05, 4.69) is 55.5 Å². The maximum atomic E-state index is 10.6. The third kappa shape index (κ3) is 2.98. The van der Waals surface area contributed by atoms with E-state index in [4.69, 9.17) is 0 Å². The highest BCUT2D eigenvalue weighted by Crippen LogP contribution is 2.25. The summed E-state index contributed by atoms with van der Waals surface area (Å²) in [6.07, 6.45) is 1.19. The van der Waals surface area contributed by atoms with Gasteiger partial charge in [0, 0.05) is 6.42 Å². The summed E-state index contributed by atoms with van der Waals surface area (Å²) in [6.45, 7) is 2.14. The van der Waals surface area contributed by atoms with Crippen LogP contribution in [-0.4, -0.2) is 5.11 Å². The Morgan fingerprint density at radius 3 is 2.52 bits per heavy atom. The standard InChI is InChI=1S/C20H20O/c1-2-15-7-5-11-18(13-15)20(21)14-17-10-6-9-16-8-3-4-12-19(16)17/h3-13,20-21H,2,14H2,1H3. The first-order valence-electron chi connectivity index (χ1n) is 7.51. The third-order valence-electron chi connectivity index (χ3n) is 4.04. The molecule has 0 spiro atoms. The molecule has 1 heteroatoms. The van der Waals surface area contributed by atoms with Gasteiger partial charge in [0.1, 0.15) is 0 Å². The second kappa shape index (κ2) is 6.11. The van der Waals surface area contributed by atoms with Gasteiger partial charge in [-0.1, -0.05) is 73.7 Å². The molecule has 0 aromatic heterocycles. The number of hydrogen-bond donors (Lipinski definition) is 1. The quantitative estimate of drug-likeness (QED) is 0.733. The van der Waals surface area contributed by atoms with Crippen molar-refractivity contribution >= 4 is 10.8 Å². The van der Waals surface area contributed by atoms with Gasteiger partial charge in [0.2, 0.25) is 0 Å². The third-order valence-corrected chi connectivity index (χ3v) is 4.04. The minimum absolute atomic E-state index is 0.456. The lowest BCUT2D eigenvalue weighted by molar-refractivity contribution is 0.179. The number of fused-ring (bicyclic) bond motifs is 1. The van der Waals surface area contributed by atoms with Crippen molar-refractivity contribution < 1.29 is 5.11 Å². The van der Waals surface area contributed by atoms with E-state index in [1.165, 1.54) is 21.9 Å². The highest BCUT2D eigenvalue weighted by atomic mass is 16.3. The van der Waals surface area contributed by atoms with Crippen LogP contribution in [0.25, 0.3) is 10.8 Å². The molecule has 0 heterocycles. The zero-order valence-electron chi connectivity index (χ0n) is 12.3. The fraction of sp³-hybridized carbons (Fsp3) is 0.200. The Morgan fingerprint density at radius 1 is 0.905 bits per heavy atom. The fourth-order valence-corrected chi connectivity index (χ4v) is 2.82. The Hall–Kier alpha value is -2.12. The molecule has 3 rings (SSSR count). The normalized spacial score (nSPS) is 12.5. The van der Waals surface area contributed by atoms with Gasteiger partial charge in [-0.15, -0.1) is 0 Å². The molecule has 0 bridgehead atoms. The van der Waals surface area contributed by atoms with Crippen molar-refractivity contribution in [1.29, 1.82) is 0 Å². The van der Waals surface area contributed by atoms with Crippen LogP contribution in [0.1, 0.15) is 29.7 Å². The summed E-state index contributed by atoms with van der Waals surface area (Å²) in [4.78, 5) is 0.